The predicted molar refractivity (Wildman–Crippen MR) is 81.3 cm³/mol. The summed E-state index contributed by atoms with van der Waals surface area (Å²) in [6.45, 7) is 0. The average molecular weight is 360 g/mol. The van der Waals surface area contributed by atoms with Gasteiger partial charge in [-0.1, -0.05) is 29.8 Å². The molecular weight excluding hydrogens is 347 g/mol. The Morgan fingerprint density at radius 1 is 1.35 bits per heavy atom. The summed E-state index contributed by atoms with van der Waals surface area (Å²) in [6.07, 6.45) is 0. The van der Waals surface area contributed by atoms with E-state index in [1.807, 2.05) is 6.07 Å². The molecule has 1 unspecified atom stereocenters. The molecule has 0 aliphatic rings. The van der Waals surface area contributed by atoms with Crippen molar-refractivity contribution in [2.24, 2.45) is 5.84 Å². The highest BCUT2D eigenvalue weighted by atomic mass is 79.9. The van der Waals surface area contributed by atoms with Gasteiger partial charge in [-0.3, -0.25) is 5.84 Å². The Morgan fingerprint density at radius 3 is 2.70 bits per heavy atom. The lowest BCUT2D eigenvalue weighted by Crippen LogP contribution is -2.29. The van der Waals surface area contributed by atoms with E-state index in [9.17, 15) is 4.39 Å². The number of hydrogen-bond acceptors (Lipinski definition) is 3. The Morgan fingerprint density at radius 2 is 2.10 bits per heavy atom. The summed E-state index contributed by atoms with van der Waals surface area (Å²) < 4.78 is 20.1. The summed E-state index contributed by atoms with van der Waals surface area (Å²) >= 11 is 9.38. The van der Waals surface area contributed by atoms with Crippen molar-refractivity contribution in [2.45, 2.75) is 6.04 Å². The summed E-state index contributed by atoms with van der Waals surface area (Å²) in [5, 5.41) is 0.533. The third kappa shape index (κ3) is 2.96. The van der Waals surface area contributed by atoms with E-state index >= 15 is 0 Å². The lowest BCUT2D eigenvalue weighted by Gasteiger charge is -2.19. The molecule has 0 aliphatic heterocycles. The van der Waals surface area contributed by atoms with E-state index in [0.717, 1.165) is 10.0 Å². The van der Waals surface area contributed by atoms with Crippen LogP contribution in [0.4, 0.5) is 4.39 Å². The highest BCUT2D eigenvalue weighted by Gasteiger charge is 2.19. The van der Waals surface area contributed by atoms with Crippen molar-refractivity contribution in [3.05, 3.63) is 62.8 Å². The van der Waals surface area contributed by atoms with Crippen LogP contribution in [0.25, 0.3) is 0 Å². The monoisotopic (exact) mass is 358 g/mol. The molecule has 0 bridgehead atoms. The van der Waals surface area contributed by atoms with Crippen LogP contribution in [0, 0.1) is 5.82 Å². The average Bonchev–Trinajstić information content (AvgIpc) is 2.45. The molecule has 6 heteroatoms. The molecule has 20 heavy (non-hydrogen) atoms. The zero-order valence-electron chi connectivity index (χ0n) is 10.7. The van der Waals surface area contributed by atoms with Gasteiger partial charge in [0.15, 0.2) is 11.6 Å². The number of ether oxygens (including phenoxy) is 1. The second-order valence-corrected chi connectivity index (χ2v) is 5.40. The number of halogens is 3. The van der Waals surface area contributed by atoms with Crippen molar-refractivity contribution < 1.29 is 9.13 Å². The maximum atomic E-state index is 14.3. The van der Waals surface area contributed by atoms with Crippen LogP contribution < -0.4 is 16.0 Å². The van der Waals surface area contributed by atoms with Gasteiger partial charge >= 0.3 is 0 Å². The summed E-state index contributed by atoms with van der Waals surface area (Å²) in [6, 6.07) is 9.74. The van der Waals surface area contributed by atoms with Gasteiger partial charge in [-0.2, -0.15) is 0 Å². The quantitative estimate of drug-likeness (QED) is 0.645. The molecule has 0 fully saturated rings. The molecule has 3 nitrogen and oxygen atoms in total. The van der Waals surface area contributed by atoms with Crippen molar-refractivity contribution in [2.75, 3.05) is 7.11 Å². The van der Waals surface area contributed by atoms with Gasteiger partial charge in [0, 0.05) is 10.0 Å². The van der Waals surface area contributed by atoms with Crippen LogP contribution in [0.1, 0.15) is 17.2 Å². The Bertz CT molecular complexity index is 624. The Kier molecular flexibility index (Phi) is 4.99. The van der Waals surface area contributed by atoms with E-state index < -0.39 is 11.9 Å². The van der Waals surface area contributed by atoms with E-state index in [4.69, 9.17) is 22.2 Å². The van der Waals surface area contributed by atoms with Crippen molar-refractivity contribution >= 4 is 27.5 Å². The van der Waals surface area contributed by atoms with Crippen molar-refractivity contribution in [1.29, 1.82) is 0 Å². The number of hydrazine groups is 1. The zero-order valence-corrected chi connectivity index (χ0v) is 13.0. The van der Waals surface area contributed by atoms with E-state index in [1.54, 1.807) is 30.3 Å². The molecule has 3 N–H and O–H groups in total. The van der Waals surface area contributed by atoms with Gasteiger partial charge in [0.05, 0.1) is 18.2 Å². The molecule has 0 saturated heterocycles. The molecule has 1 atom stereocenters. The fourth-order valence-electron chi connectivity index (χ4n) is 1.97. The Labute approximate surface area is 130 Å². The fourth-order valence-corrected chi connectivity index (χ4v) is 2.40. The number of nitrogens with one attached hydrogen (secondary N) is 1. The standard InChI is InChI=1S/C14H13BrClFN2O/c1-20-12-4-2-3-9(13(12)17)14(19-18)8-5-6-10(15)11(16)7-8/h2-7,14,19H,18H2,1H3. The van der Waals surface area contributed by atoms with Gasteiger partial charge in [0.1, 0.15) is 0 Å². The number of rotatable bonds is 4. The van der Waals surface area contributed by atoms with Gasteiger partial charge in [-0.25, -0.2) is 9.82 Å². The van der Waals surface area contributed by atoms with Crippen LogP contribution in [0.2, 0.25) is 5.02 Å². The van der Waals surface area contributed by atoms with E-state index in [0.29, 0.717) is 10.6 Å². The van der Waals surface area contributed by atoms with Gasteiger partial charge < -0.3 is 4.74 Å². The third-order valence-electron chi connectivity index (χ3n) is 2.97. The molecular formula is C14H13BrClFN2O. The number of methoxy groups -OCH3 is 1. The number of benzene rings is 2. The van der Waals surface area contributed by atoms with E-state index in [-0.39, 0.29) is 5.75 Å². The van der Waals surface area contributed by atoms with Crippen LogP contribution in [-0.2, 0) is 0 Å². The molecule has 0 heterocycles. The summed E-state index contributed by atoms with van der Waals surface area (Å²) in [4.78, 5) is 0. The first-order valence-electron chi connectivity index (χ1n) is 5.82. The van der Waals surface area contributed by atoms with Crippen molar-refractivity contribution in [3.8, 4) is 5.75 Å². The van der Waals surface area contributed by atoms with Crippen molar-refractivity contribution in [3.63, 3.8) is 0 Å². The Balaban J connectivity index is 2.49. The maximum Gasteiger partial charge on any atom is 0.170 e. The smallest absolute Gasteiger partial charge is 0.170 e. The van der Waals surface area contributed by atoms with Gasteiger partial charge in [0.2, 0.25) is 0 Å². The summed E-state index contributed by atoms with van der Waals surface area (Å²) in [5.74, 6) is 5.30. The maximum absolute atomic E-state index is 14.3. The fraction of sp³-hybridized carbons (Fsp3) is 0.143. The minimum absolute atomic E-state index is 0.172. The minimum atomic E-state index is -0.518. The molecule has 0 radical (unpaired) electrons. The van der Waals surface area contributed by atoms with Gasteiger partial charge in [-0.05, 0) is 39.7 Å². The molecule has 0 amide bonds. The molecule has 0 aromatic heterocycles. The molecule has 106 valence electrons. The number of hydrogen-bond donors (Lipinski definition) is 2. The van der Waals surface area contributed by atoms with Crippen LogP contribution in [-0.4, -0.2) is 7.11 Å². The lowest BCUT2D eigenvalue weighted by molar-refractivity contribution is 0.381. The summed E-state index contributed by atoms with van der Waals surface area (Å²) in [5.41, 5.74) is 3.75. The minimum Gasteiger partial charge on any atom is -0.494 e. The first-order valence-corrected chi connectivity index (χ1v) is 6.99. The third-order valence-corrected chi connectivity index (χ3v) is 4.20. The van der Waals surface area contributed by atoms with Crippen LogP contribution >= 0.6 is 27.5 Å². The lowest BCUT2D eigenvalue weighted by atomic mass is 9.98. The molecule has 2 rings (SSSR count). The van der Waals surface area contributed by atoms with Crippen LogP contribution in [0.15, 0.2) is 40.9 Å². The molecule has 0 saturated carbocycles. The first kappa shape index (κ1) is 15.3. The van der Waals surface area contributed by atoms with Crippen LogP contribution in [0.5, 0.6) is 5.75 Å². The van der Waals surface area contributed by atoms with E-state index in [2.05, 4.69) is 21.4 Å². The topological polar surface area (TPSA) is 47.3 Å². The van der Waals surface area contributed by atoms with Crippen LogP contribution in [0.3, 0.4) is 0 Å². The van der Waals surface area contributed by atoms with E-state index in [1.165, 1.54) is 7.11 Å². The first-order chi connectivity index (χ1) is 9.58. The second-order valence-electron chi connectivity index (χ2n) is 4.14. The molecule has 0 spiro atoms. The molecule has 2 aromatic carbocycles. The zero-order chi connectivity index (χ0) is 14.7. The highest BCUT2D eigenvalue weighted by Crippen LogP contribution is 2.32. The summed E-state index contributed by atoms with van der Waals surface area (Å²) in [7, 11) is 1.42. The largest absolute Gasteiger partial charge is 0.494 e. The second kappa shape index (κ2) is 6.54. The SMILES string of the molecule is COc1cccc(C(NN)c2ccc(Br)c(Cl)c2)c1F. The predicted octanol–water partition coefficient (Wildman–Crippen LogP) is 3.80. The van der Waals surface area contributed by atoms with Gasteiger partial charge in [0.25, 0.3) is 0 Å². The highest BCUT2D eigenvalue weighted by molar-refractivity contribution is 9.10. The van der Waals surface area contributed by atoms with Crippen molar-refractivity contribution in [1.82, 2.24) is 5.43 Å². The normalized spacial score (nSPS) is 12.2. The Hall–Kier alpha value is -1.14. The molecule has 2 aromatic rings. The molecule has 0 aliphatic carbocycles. The number of nitrogens with two attached hydrogens (primary N) is 1. The van der Waals surface area contributed by atoms with Gasteiger partial charge in [-0.15, -0.1) is 0 Å².